The van der Waals surface area contributed by atoms with E-state index in [2.05, 4.69) is 17.1 Å². The second-order valence-corrected chi connectivity index (χ2v) is 4.33. The smallest absolute Gasteiger partial charge is 0.0601 e. The van der Waals surface area contributed by atoms with Crippen LogP contribution in [0.2, 0.25) is 0 Å². The van der Waals surface area contributed by atoms with Gasteiger partial charge in [-0.05, 0) is 19.8 Å². The predicted octanol–water partition coefficient (Wildman–Crippen LogP) is 0.457. The molecule has 0 unspecified atom stereocenters. The molecule has 1 heterocycles. The van der Waals surface area contributed by atoms with Crippen molar-refractivity contribution < 1.29 is 4.74 Å². The zero-order valence-corrected chi connectivity index (χ0v) is 8.62. The number of methoxy groups -OCH3 is 1. The van der Waals surface area contributed by atoms with E-state index >= 15 is 0 Å². The van der Waals surface area contributed by atoms with E-state index in [9.17, 15) is 0 Å². The van der Waals surface area contributed by atoms with E-state index in [0.29, 0.717) is 12.1 Å². The average Bonchev–Trinajstić information content (AvgIpc) is 2.02. The lowest BCUT2D eigenvalue weighted by atomic mass is 9.87. The average molecular weight is 184 g/mol. The molecule has 1 aliphatic carbocycles. The highest BCUT2D eigenvalue weighted by Crippen LogP contribution is 2.28. The van der Waals surface area contributed by atoms with Gasteiger partial charge in [-0.3, -0.25) is 4.90 Å². The van der Waals surface area contributed by atoms with Crippen molar-refractivity contribution in [3.8, 4) is 0 Å². The van der Waals surface area contributed by atoms with Crippen LogP contribution in [0.15, 0.2) is 0 Å². The Balaban J connectivity index is 1.75. The molecule has 1 atom stereocenters. The van der Waals surface area contributed by atoms with Gasteiger partial charge < -0.3 is 10.1 Å². The lowest BCUT2D eigenvalue weighted by molar-refractivity contribution is -0.0338. The molecule has 2 rings (SSSR count). The fourth-order valence-corrected chi connectivity index (χ4v) is 2.32. The Labute approximate surface area is 80.4 Å². The van der Waals surface area contributed by atoms with Gasteiger partial charge in [0.25, 0.3) is 0 Å². The van der Waals surface area contributed by atoms with Crippen LogP contribution in [0.25, 0.3) is 0 Å². The summed E-state index contributed by atoms with van der Waals surface area (Å²) in [4.78, 5) is 2.61. The molecule has 3 nitrogen and oxygen atoms in total. The van der Waals surface area contributed by atoms with Gasteiger partial charge in [0.1, 0.15) is 0 Å². The Kier molecular flexibility index (Phi) is 2.86. The molecule has 0 spiro atoms. The number of nitrogens with zero attached hydrogens (tertiary/aromatic N) is 1. The third-order valence-corrected chi connectivity index (χ3v) is 3.32. The Morgan fingerprint density at radius 1 is 1.38 bits per heavy atom. The van der Waals surface area contributed by atoms with E-state index in [4.69, 9.17) is 4.74 Å². The second-order valence-electron chi connectivity index (χ2n) is 4.33. The molecule has 0 radical (unpaired) electrons. The molecule has 1 aliphatic heterocycles. The topological polar surface area (TPSA) is 24.5 Å². The van der Waals surface area contributed by atoms with Gasteiger partial charge in [-0.2, -0.15) is 0 Å². The first-order chi connectivity index (χ1) is 6.29. The normalized spacial score (nSPS) is 41.5. The zero-order chi connectivity index (χ0) is 9.26. The number of hydrogen-bond donors (Lipinski definition) is 1. The van der Waals surface area contributed by atoms with Gasteiger partial charge in [0, 0.05) is 38.8 Å². The van der Waals surface area contributed by atoms with Gasteiger partial charge >= 0.3 is 0 Å². The molecule has 0 amide bonds. The SMILES string of the molecule is COC1CC(N2CCN[C@H](C)C2)C1. The van der Waals surface area contributed by atoms with Gasteiger partial charge in [-0.15, -0.1) is 0 Å². The second kappa shape index (κ2) is 3.95. The van der Waals surface area contributed by atoms with Crippen LogP contribution in [0, 0.1) is 0 Å². The monoisotopic (exact) mass is 184 g/mol. The highest BCUT2D eigenvalue weighted by Gasteiger charge is 2.34. The molecular weight excluding hydrogens is 164 g/mol. The number of ether oxygens (including phenoxy) is 1. The van der Waals surface area contributed by atoms with Gasteiger partial charge in [0.15, 0.2) is 0 Å². The first kappa shape index (κ1) is 9.44. The minimum absolute atomic E-state index is 0.537. The largest absolute Gasteiger partial charge is 0.381 e. The van der Waals surface area contributed by atoms with Gasteiger partial charge in [-0.1, -0.05) is 0 Å². The van der Waals surface area contributed by atoms with Crippen LogP contribution < -0.4 is 5.32 Å². The van der Waals surface area contributed by atoms with E-state index < -0.39 is 0 Å². The lowest BCUT2D eigenvalue weighted by Gasteiger charge is -2.45. The van der Waals surface area contributed by atoms with E-state index in [-0.39, 0.29) is 0 Å². The molecule has 1 saturated carbocycles. The number of hydrogen-bond acceptors (Lipinski definition) is 3. The highest BCUT2D eigenvalue weighted by molar-refractivity contribution is 4.90. The number of rotatable bonds is 2. The third-order valence-electron chi connectivity index (χ3n) is 3.32. The first-order valence-corrected chi connectivity index (χ1v) is 5.30. The molecule has 0 bridgehead atoms. The molecule has 0 aromatic heterocycles. The molecule has 2 fully saturated rings. The molecule has 2 aliphatic rings. The van der Waals surface area contributed by atoms with Crippen molar-refractivity contribution in [1.82, 2.24) is 10.2 Å². The van der Waals surface area contributed by atoms with Crippen LogP contribution in [-0.2, 0) is 4.74 Å². The van der Waals surface area contributed by atoms with Gasteiger partial charge in [0.05, 0.1) is 6.10 Å². The Bertz CT molecular complexity index is 168. The van der Waals surface area contributed by atoms with Gasteiger partial charge in [0.2, 0.25) is 0 Å². The van der Waals surface area contributed by atoms with Crippen molar-refractivity contribution in [3.05, 3.63) is 0 Å². The van der Waals surface area contributed by atoms with Crippen LogP contribution >= 0.6 is 0 Å². The van der Waals surface area contributed by atoms with Crippen molar-refractivity contribution in [2.24, 2.45) is 0 Å². The minimum Gasteiger partial charge on any atom is -0.381 e. The van der Waals surface area contributed by atoms with Crippen molar-refractivity contribution in [1.29, 1.82) is 0 Å². The highest BCUT2D eigenvalue weighted by atomic mass is 16.5. The summed E-state index contributed by atoms with van der Waals surface area (Å²) in [5, 5.41) is 3.47. The standard InChI is InChI=1S/C10H20N2O/c1-8-7-12(4-3-11-8)9-5-10(6-9)13-2/h8-11H,3-7H2,1-2H3/t8-,9?,10?/m1/s1. The van der Waals surface area contributed by atoms with Crippen molar-refractivity contribution in [3.63, 3.8) is 0 Å². The third kappa shape index (κ3) is 2.03. The summed E-state index contributed by atoms with van der Waals surface area (Å²) >= 11 is 0. The molecule has 0 aromatic rings. The zero-order valence-electron chi connectivity index (χ0n) is 8.62. The predicted molar refractivity (Wildman–Crippen MR) is 52.9 cm³/mol. The summed E-state index contributed by atoms with van der Waals surface area (Å²) in [6.45, 7) is 5.83. The minimum atomic E-state index is 0.537. The molecule has 1 N–H and O–H groups in total. The van der Waals surface area contributed by atoms with Crippen LogP contribution in [-0.4, -0.2) is 49.8 Å². The van der Waals surface area contributed by atoms with Crippen LogP contribution in [0.3, 0.4) is 0 Å². The summed E-state index contributed by atoms with van der Waals surface area (Å²) in [7, 11) is 1.82. The summed E-state index contributed by atoms with van der Waals surface area (Å²) in [6.07, 6.45) is 3.02. The molecule has 1 saturated heterocycles. The van der Waals surface area contributed by atoms with E-state index in [1.807, 2.05) is 7.11 Å². The quantitative estimate of drug-likeness (QED) is 0.674. The van der Waals surface area contributed by atoms with Gasteiger partial charge in [-0.25, -0.2) is 0 Å². The lowest BCUT2D eigenvalue weighted by Crippen LogP contribution is -2.57. The molecular formula is C10H20N2O. The maximum absolute atomic E-state index is 5.29. The Morgan fingerprint density at radius 3 is 2.77 bits per heavy atom. The molecule has 3 heteroatoms. The van der Waals surface area contributed by atoms with Crippen molar-refractivity contribution >= 4 is 0 Å². The van der Waals surface area contributed by atoms with E-state index in [0.717, 1.165) is 12.6 Å². The first-order valence-electron chi connectivity index (χ1n) is 5.30. The van der Waals surface area contributed by atoms with Crippen molar-refractivity contribution in [2.75, 3.05) is 26.7 Å². The summed E-state index contributed by atoms with van der Waals surface area (Å²) in [5.74, 6) is 0. The molecule has 13 heavy (non-hydrogen) atoms. The van der Waals surface area contributed by atoms with E-state index in [1.54, 1.807) is 0 Å². The van der Waals surface area contributed by atoms with Crippen LogP contribution in [0.4, 0.5) is 0 Å². The fourth-order valence-electron chi connectivity index (χ4n) is 2.32. The van der Waals surface area contributed by atoms with Crippen molar-refractivity contribution in [2.45, 2.75) is 38.0 Å². The van der Waals surface area contributed by atoms with Crippen LogP contribution in [0.1, 0.15) is 19.8 Å². The van der Waals surface area contributed by atoms with Crippen LogP contribution in [0.5, 0.6) is 0 Å². The summed E-state index contributed by atoms with van der Waals surface area (Å²) in [6, 6.07) is 1.46. The molecule has 0 aromatic carbocycles. The number of nitrogens with one attached hydrogen (secondary N) is 1. The van der Waals surface area contributed by atoms with E-state index in [1.165, 1.54) is 25.9 Å². The summed E-state index contributed by atoms with van der Waals surface area (Å²) in [5.41, 5.74) is 0. The summed E-state index contributed by atoms with van der Waals surface area (Å²) < 4.78 is 5.29. The maximum atomic E-state index is 5.29. The Hall–Kier alpha value is -0.120. The fraction of sp³-hybridized carbons (Fsp3) is 1.00. The maximum Gasteiger partial charge on any atom is 0.0601 e. The Morgan fingerprint density at radius 2 is 2.15 bits per heavy atom. The molecule has 76 valence electrons. The number of piperazine rings is 1.